The van der Waals surface area contributed by atoms with Crippen molar-refractivity contribution in [1.29, 1.82) is 0 Å². The van der Waals surface area contributed by atoms with Gasteiger partial charge in [-0.25, -0.2) is 61.9 Å². The van der Waals surface area contributed by atoms with Crippen LogP contribution in [0, 0.1) is 20.6 Å². The molecule has 2 saturated carbocycles. The van der Waals surface area contributed by atoms with Crippen molar-refractivity contribution in [3.05, 3.63) is 49.2 Å². The van der Waals surface area contributed by atoms with E-state index in [0.717, 1.165) is 109 Å². The van der Waals surface area contributed by atoms with Gasteiger partial charge in [-0.2, -0.15) is 19.7 Å². The van der Waals surface area contributed by atoms with Gasteiger partial charge in [0.1, 0.15) is 37.2 Å². The molecule has 2 aliphatic carbocycles. The van der Waals surface area contributed by atoms with Crippen molar-refractivity contribution in [2.75, 3.05) is 162 Å². The van der Waals surface area contributed by atoms with Crippen LogP contribution in [0.2, 0.25) is 0 Å². The average molecular weight is 1830 g/mol. The number of rotatable bonds is 27. The van der Waals surface area contributed by atoms with E-state index < -0.39 is 94.8 Å². The van der Waals surface area contributed by atoms with Gasteiger partial charge in [-0.3, -0.25) is 19.2 Å². The first-order valence-corrected chi connectivity index (χ1v) is 44.4. The first-order valence-electron chi connectivity index (χ1n) is 35.4. The van der Waals surface area contributed by atoms with Crippen molar-refractivity contribution in [2.24, 2.45) is 50.6 Å². The smallest absolute Gasteiger partial charge is 0.394 e. The number of alkyl halides is 6. The summed E-state index contributed by atoms with van der Waals surface area (Å²) < 4.78 is 42.5. The number of hydrogen-bond donors (Lipinski definition) is 14. The molecule has 7 aliphatic rings. The minimum absolute atomic E-state index is 0.0600. The molecule has 0 bridgehead atoms. The molecular weight excluding hydrogens is 1720 g/mol. The standard InChI is InChI=1S/C10H18ClN3O2.C9H16ClN3O2.C8H15N3O7.C7H15Cl2N2O2P.C6H6N6O2.C6H10N6O.C6H12N3PS.C5H11Cl2N.H3O4P/c1-8-2-4-9(5-3-8)12-10(15)14(13-16)7-6-11;10-6-7-13(12-15)9(14)11-8-4-2-1-3-5-8;1-11(10-17)8(16)9-4-6(14)5(13)3(2-12)18-7(4)15;8-2-5-11(6-3-9)14(12)10-4-1-7-13-14;1-11-6(14)12-2-8-3(4(7)13)5(12)9-10-11;1-12(2)11-10-6-4(5(7)13)8-3-9-6;11-10(7-1-2-7,8-3-4-8)9-5-6-9;1-8(4-2-6)5-3-7;1-5(2,3)4/h8-9H,2-7H2,1H3,(H,12,15);8H,1-7H2,(H,11,14);3-7,12-15H,2H2,1H3,(H,9,16);1-7H2,(H,10,12);2H,1H3,(H2,7,13);3H,1-2H3,(H2,7,13)(H,8,9);1-6H2;2-5H2,1H3;(H3,1,2,3,4)/t;;3-,4-,5-,6-,7+;;;;;;/m..1....../s1. The Balaban J connectivity index is 0.000000441. The number of urea groups is 3. The number of carbonyl (C=O) groups excluding carboxylic acids is 5. The van der Waals surface area contributed by atoms with E-state index in [1.807, 2.05) is 7.05 Å². The van der Waals surface area contributed by atoms with Crippen molar-refractivity contribution < 1.29 is 77.5 Å². The third-order valence-corrected chi connectivity index (χ3v) is 25.1. The van der Waals surface area contributed by atoms with Crippen LogP contribution in [-0.2, 0) is 37.2 Å². The number of nitroso groups, excluding NO2 is 3. The molecule has 3 aromatic rings. The van der Waals surface area contributed by atoms with E-state index in [-0.39, 0.29) is 59.8 Å². The van der Waals surface area contributed by atoms with Gasteiger partial charge in [0.15, 0.2) is 23.3 Å². The summed E-state index contributed by atoms with van der Waals surface area (Å²) in [6, 6.07) is -2.84. The van der Waals surface area contributed by atoms with Crippen LogP contribution in [0.4, 0.5) is 20.2 Å². The summed E-state index contributed by atoms with van der Waals surface area (Å²) in [6.45, 7) is 12.3. The summed E-state index contributed by atoms with van der Waals surface area (Å²) in [5.41, 5.74) is 9.79. The van der Waals surface area contributed by atoms with Crippen molar-refractivity contribution in [2.45, 2.75) is 114 Å². The largest absolute Gasteiger partial charge is 0.466 e. The van der Waals surface area contributed by atoms with E-state index in [1.54, 1.807) is 18.8 Å². The lowest BCUT2D eigenvalue weighted by Crippen LogP contribution is -2.64. The van der Waals surface area contributed by atoms with Crippen LogP contribution < -0.4 is 38.2 Å². The predicted octanol–water partition coefficient (Wildman–Crippen LogP) is 2.36. The Hall–Kier alpha value is -5.31. The lowest BCUT2D eigenvalue weighted by atomic mass is 9.87. The summed E-state index contributed by atoms with van der Waals surface area (Å²) in [5, 5.41) is 73.8. The number of halogens is 6. The number of fused-ring (bicyclic) bond motifs is 1. The maximum Gasteiger partial charge on any atom is 0.466 e. The maximum atomic E-state index is 12.2. The number of nitrogens with zero attached hydrogens (tertiary/aromatic N) is 20. The average Bonchev–Trinajstić information content (AvgIpc) is 1.57. The molecule has 16 N–H and O–H groups in total. The Labute approximate surface area is 692 Å². The van der Waals surface area contributed by atoms with Gasteiger partial charge < -0.3 is 81.7 Å². The Morgan fingerprint density at radius 2 is 1.19 bits per heavy atom. The van der Waals surface area contributed by atoms with Gasteiger partial charge in [-0.1, -0.05) is 36.6 Å². The number of aliphatic hydroxyl groups is 4. The van der Waals surface area contributed by atoms with Crippen molar-refractivity contribution in [1.82, 2.24) is 99.0 Å². The maximum absolute atomic E-state index is 12.2. The van der Waals surface area contributed by atoms with Gasteiger partial charge in [0.25, 0.3) is 11.8 Å². The normalized spacial score (nSPS) is 21.8. The Morgan fingerprint density at radius 1 is 0.702 bits per heavy atom. The summed E-state index contributed by atoms with van der Waals surface area (Å²) in [5.74, 6) is 2.22. The second-order valence-corrected chi connectivity index (χ2v) is 35.1. The first kappa shape index (κ1) is 105. The minimum Gasteiger partial charge on any atom is -0.394 e. The molecule has 8 heterocycles. The molecule has 114 heavy (non-hydrogen) atoms. The lowest BCUT2D eigenvalue weighted by Gasteiger charge is -2.40. The molecule has 3 aromatic heterocycles. The van der Waals surface area contributed by atoms with E-state index in [1.165, 1.54) is 70.4 Å². The number of aryl methyl sites for hydroxylation is 1. The zero-order chi connectivity index (χ0) is 85.9. The molecule has 6 atom stereocenters. The van der Waals surface area contributed by atoms with Gasteiger partial charge >= 0.3 is 39.3 Å². The number of amides is 8. The zero-order valence-corrected chi connectivity index (χ0v) is 71.8. The molecule has 1 unspecified atom stereocenters. The fraction of sp³-hybridized carbons (Fsp3) is 0.789. The molecular formula is C57H106Cl6N27O20P3S. The van der Waals surface area contributed by atoms with Gasteiger partial charge in [-0.05, 0) is 69.7 Å². The highest BCUT2D eigenvalue weighted by Gasteiger charge is 2.51. The van der Waals surface area contributed by atoms with Crippen molar-refractivity contribution >= 4 is 145 Å². The van der Waals surface area contributed by atoms with Crippen molar-refractivity contribution in [3.8, 4) is 0 Å². The number of aromatic amines is 1. The number of nitrogens with one attached hydrogen (secondary N) is 5. The number of hydrogen-bond acceptors (Lipinski definition) is 28. The number of carbonyl (C=O) groups is 5. The second kappa shape index (κ2) is 55.4. The summed E-state index contributed by atoms with van der Waals surface area (Å²) in [4.78, 5) is 132. The molecule has 0 spiro atoms. The number of aromatic nitrogens is 7. The number of phosphoric acid groups is 1. The van der Waals surface area contributed by atoms with Gasteiger partial charge in [-0.15, -0.1) is 94.5 Å². The van der Waals surface area contributed by atoms with E-state index in [0.29, 0.717) is 48.2 Å². The van der Waals surface area contributed by atoms with E-state index in [2.05, 4.69) is 98.3 Å². The van der Waals surface area contributed by atoms with E-state index >= 15 is 0 Å². The lowest BCUT2D eigenvalue weighted by molar-refractivity contribution is -0.252. The number of nitrogens with two attached hydrogens (primary N) is 2. The van der Waals surface area contributed by atoms with Crippen LogP contribution >= 0.6 is 91.6 Å². The minimum atomic E-state index is -4.64. The SMILES string of the molecule is CC1CCC(NC(=O)N(CCCl)N=O)CC1.CN(C)N=Nc1nc[nH]c1C(N)=O.CN(CCCl)CCCl.CN(N=O)C(=O)N[C@@H]1[C@@H](O)[C@H](O)[C@@H](CO)O[C@@H]1O.Cn1nnc2c(C(N)=O)ncn2c1=O.O=NN(CCCl)C(=O)NC1CCCCC1.O=P(O)(O)O.O=P1(N(CCCl)CCCl)NCCCO1.S=P(N1CC1)(N1CC1)N1CC1. The predicted molar refractivity (Wildman–Crippen MR) is 429 cm³/mol. The number of ether oxygens (including phenoxy) is 1. The third kappa shape index (κ3) is 39.1. The van der Waals surface area contributed by atoms with E-state index in [4.69, 9.17) is 126 Å². The number of primary amides is 2. The molecule has 5 saturated heterocycles. The number of imidazole rings is 2. The van der Waals surface area contributed by atoms with Crippen LogP contribution in [-0.4, -0.2) is 347 Å². The quantitative estimate of drug-likeness (QED) is 0.0130. The molecule has 0 aromatic carbocycles. The fourth-order valence-electron chi connectivity index (χ4n) is 10.1. The van der Waals surface area contributed by atoms with Crippen LogP contribution in [0.25, 0.3) is 5.65 Å². The molecule has 8 amide bonds. The van der Waals surface area contributed by atoms with E-state index in [9.17, 15) is 63.4 Å². The third-order valence-electron chi connectivity index (χ3n) is 16.3. The molecule has 7 fully saturated rings. The highest BCUT2D eigenvalue weighted by Crippen LogP contribution is 2.65. The molecule has 47 nitrogen and oxygen atoms in total. The molecule has 652 valence electrons. The van der Waals surface area contributed by atoms with Crippen LogP contribution in [0.3, 0.4) is 0 Å². The van der Waals surface area contributed by atoms with Crippen LogP contribution in [0.5, 0.6) is 0 Å². The Morgan fingerprint density at radius 3 is 1.61 bits per heavy atom. The monoisotopic (exact) mass is 1820 g/mol. The Bertz CT molecular complexity index is 3560. The second-order valence-electron chi connectivity index (χ2n) is 25.5. The van der Waals surface area contributed by atoms with Gasteiger partial charge in [0, 0.05) is 148 Å². The first-order chi connectivity index (χ1) is 53.9. The number of aliphatic hydroxyl groups excluding tert-OH is 4. The van der Waals surface area contributed by atoms with Gasteiger partial charge in [0.2, 0.25) is 5.82 Å². The van der Waals surface area contributed by atoms with Crippen LogP contribution in [0.15, 0.2) is 43.6 Å². The van der Waals surface area contributed by atoms with Crippen LogP contribution in [0.1, 0.15) is 92.1 Å². The molecule has 10 rings (SSSR count). The highest BCUT2D eigenvalue weighted by atomic mass is 35.5. The summed E-state index contributed by atoms with van der Waals surface area (Å²) in [7, 11) is 0.451. The summed E-state index contributed by atoms with van der Waals surface area (Å²) in [6.07, 6.45) is 7.22. The highest BCUT2D eigenvalue weighted by molar-refractivity contribution is 8.11. The molecule has 0 radical (unpaired) electrons. The Kier molecular flexibility index (Phi) is 51.0. The number of H-pyrrole nitrogens is 1. The summed E-state index contributed by atoms with van der Waals surface area (Å²) >= 11 is 38.8. The zero-order valence-electron chi connectivity index (χ0n) is 63.7. The van der Waals surface area contributed by atoms with Crippen molar-refractivity contribution in [3.63, 3.8) is 0 Å². The van der Waals surface area contributed by atoms with Gasteiger partial charge in [0.05, 0.1) is 48.5 Å². The topological polar surface area (TPSA) is 615 Å². The fourth-order valence-corrected chi connectivity index (χ4v) is 18.0. The molecule has 5 aliphatic heterocycles. The molecule has 57 heteroatoms.